The number of fused-ring (bicyclic) bond motifs is 1. The number of imide groups is 1. The molecule has 6 heteroatoms. The van der Waals surface area contributed by atoms with E-state index in [1.165, 1.54) is 24.5 Å². The molecule has 0 fully saturated rings. The fraction of sp³-hybridized carbons (Fsp3) is 0. The molecule has 94 valence electrons. The average Bonchev–Trinajstić information content (AvgIpc) is 2.61. The standard InChI is InChI=1S/C13H8FN3O2/c14-7-3-8(15)5-9(4-7)17-12(18)10-1-2-16-6-11(10)13(17)19/h1-6H,15H2. The minimum atomic E-state index is -0.607. The molecule has 2 aromatic rings. The van der Waals surface area contributed by atoms with Crippen molar-refractivity contribution in [2.75, 3.05) is 10.6 Å². The summed E-state index contributed by atoms with van der Waals surface area (Å²) in [5.41, 5.74) is 6.24. The van der Waals surface area contributed by atoms with Gasteiger partial charge in [0.25, 0.3) is 11.8 Å². The van der Waals surface area contributed by atoms with Gasteiger partial charge in [-0.1, -0.05) is 0 Å². The first-order chi connectivity index (χ1) is 9.08. The van der Waals surface area contributed by atoms with Crippen LogP contribution in [0.1, 0.15) is 20.7 Å². The smallest absolute Gasteiger partial charge is 0.267 e. The van der Waals surface area contributed by atoms with Gasteiger partial charge < -0.3 is 5.73 Å². The van der Waals surface area contributed by atoms with E-state index in [0.29, 0.717) is 0 Å². The summed E-state index contributed by atoms with van der Waals surface area (Å²) in [5, 5.41) is 0. The molecule has 0 radical (unpaired) electrons. The number of carbonyl (C=O) groups is 2. The number of nitrogens with two attached hydrogens (primary N) is 1. The van der Waals surface area contributed by atoms with E-state index in [-0.39, 0.29) is 22.5 Å². The quantitative estimate of drug-likeness (QED) is 0.622. The molecule has 2 N–H and O–H groups in total. The van der Waals surface area contributed by atoms with E-state index in [1.54, 1.807) is 0 Å². The molecular formula is C13H8FN3O2. The molecule has 1 aromatic carbocycles. The Kier molecular flexibility index (Phi) is 2.31. The number of rotatable bonds is 1. The van der Waals surface area contributed by atoms with Crippen molar-refractivity contribution in [2.24, 2.45) is 0 Å². The summed E-state index contributed by atoms with van der Waals surface area (Å²) < 4.78 is 13.3. The highest BCUT2D eigenvalue weighted by Crippen LogP contribution is 2.29. The first-order valence-electron chi connectivity index (χ1n) is 5.47. The van der Waals surface area contributed by atoms with Crippen molar-refractivity contribution in [1.82, 2.24) is 4.98 Å². The van der Waals surface area contributed by atoms with E-state index < -0.39 is 17.6 Å². The Morgan fingerprint density at radius 1 is 1.11 bits per heavy atom. The molecular weight excluding hydrogens is 249 g/mol. The second kappa shape index (κ2) is 3.88. The Balaban J connectivity index is 2.14. The molecule has 0 saturated carbocycles. The first-order valence-corrected chi connectivity index (χ1v) is 5.47. The molecule has 0 unspecified atom stereocenters. The van der Waals surface area contributed by atoms with Crippen LogP contribution in [0.2, 0.25) is 0 Å². The molecule has 19 heavy (non-hydrogen) atoms. The molecule has 2 amide bonds. The van der Waals surface area contributed by atoms with Crippen LogP contribution >= 0.6 is 0 Å². The zero-order valence-electron chi connectivity index (χ0n) is 9.63. The third-order valence-corrected chi connectivity index (χ3v) is 2.85. The van der Waals surface area contributed by atoms with Gasteiger partial charge in [0.2, 0.25) is 0 Å². The van der Waals surface area contributed by atoms with Crippen molar-refractivity contribution in [2.45, 2.75) is 0 Å². The molecule has 0 saturated heterocycles. The predicted molar refractivity (Wildman–Crippen MR) is 66.2 cm³/mol. The van der Waals surface area contributed by atoms with Crippen molar-refractivity contribution in [3.05, 3.63) is 53.6 Å². The molecule has 5 nitrogen and oxygen atoms in total. The highest BCUT2D eigenvalue weighted by Gasteiger charge is 2.36. The topological polar surface area (TPSA) is 76.3 Å². The van der Waals surface area contributed by atoms with Crippen LogP contribution in [-0.2, 0) is 0 Å². The largest absolute Gasteiger partial charge is 0.399 e. The van der Waals surface area contributed by atoms with Crippen LogP contribution in [0.3, 0.4) is 0 Å². The van der Waals surface area contributed by atoms with Crippen molar-refractivity contribution >= 4 is 23.2 Å². The predicted octanol–water partition coefficient (Wildman–Crippen LogP) is 1.60. The van der Waals surface area contributed by atoms with E-state index in [1.807, 2.05) is 0 Å². The number of aromatic nitrogens is 1. The monoisotopic (exact) mass is 257 g/mol. The van der Waals surface area contributed by atoms with Crippen LogP contribution in [0.15, 0.2) is 36.7 Å². The van der Waals surface area contributed by atoms with Gasteiger partial charge in [0.15, 0.2) is 0 Å². The zero-order valence-corrected chi connectivity index (χ0v) is 9.63. The van der Waals surface area contributed by atoms with Gasteiger partial charge >= 0.3 is 0 Å². The fourth-order valence-electron chi connectivity index (χ4n) is 2.04. The van der Waals surface area contributed by atoms with Crippen LogP contribution in [0, 0.1) is 5.82 Å². The lowest BCUT2D eigenvalue weighted by molar-refractivity contribution is 0.0926. The van der Waals surface area contributed by atoms with E-state index in [4.69, 9.17) is 5.73 Å². The Hall–Kier alpha value is -2.76. The molecule has 0 bridgehead atoms. The van der Waals surface area contributed by atoms with Crippen LogP contribution in [0.5, 0.6) is 0 Å². The molecule has 0 aliphatic carbocycles. The van der Waals surface area contributed by atoms with E-state index in [0.717, 1.165) is 17.0 Å². The van der Waals surface area contributed by atoms with Gasteiger partial charge in [-0.2, -0.15) is 0 Å². The van der Waals surface area contributed by atoms with Crippen LogP contribution in [-0.4, -0.2) is 16.8 Å². The van der Waals surface area contributed by atoms with Gasteiger partial charge in [0.1, 0.15) is 5.82 Å². The van der Waals surface area contributed by atoms with Crippen molar-refractivity contribution < 1.29 is 14.0 Å². The Labute approximate surface area is 107 Å². The Bertz CT molecular complexity index is 660. The number of anilines is 2. The van der Waals surface area contributed by atoms with E-state index >= 15 is 0 Å². The molecule has 3 rings (SSSR count). The van der Waals surface area contributed by atoms with Crippen molar-refractivity contribution in [3.8, 4) is 0 Å². The van der Waals surface area contributed by atoms with Gasteiger partial charge in [-0.25, -0.2) is 9.29 Å². The highest BCUT2D eigenvalue weighted by atomic mass is 19.1. The maximum Gasteiger partial charge on any atom is 0.267 e. The molecule has 1 aliphatic heterocycles. The minimum Gasteiger partial charge on any atom is -0.399 e. The summed E-state index contributed by atoms with van der Waals surface area (Å²) in [6.45, 7) is 0. The number of pyridine rings is 1. The van der Waals surface area contributed by atoms with Gasteiger partial charge in [-0.05, 0) is 24.3 Å². The summed E-state index contributed by atoms with van der Waals surface area (Å²) in [7, 11) is 0. The number of halogens is 1. The molecule has 0 atom stereocenters. The fourth-order valence-corrected chi connectivity index (χ4v) is 2.04. The number of nitrogens with zero attached hydrogens (tertiary/aromatic N) is 2. The molecule has 1 aliphatic rings. The van der Waals surface area contributed by atoms with E-state index in [2.05, 4.69) is 4.98 Å². The Morgan fingerprint density at radius 3 is 2.53 bits per heavy atom. The summed E-state index contributed by atoms with van der Waals surface area (Å²) in [4.78, 5) is 29.0. The SMILES string of the molecule is Nc1cc(F)cc(N2C(=O)c3ccncc3C2=O)c1. The number of nitrogen functional groups attached to an aromatic ring is 1. The highest BCUT2D eigenvalue weighted by molar-refractivity contribution is 6.34. The summed E-state index contributed by atoms with van der Waals surface area (Å²) in [6.07, 6.45) is 2.74. The second-order valence-electron chi connectivity index (χ2n) is 4.11. The lowest BCUT2D eigenvalue weighted by Gasteiger charge is -2.14. The molecule has 0 spiro atoms. The maximum absolute atomic E-state index is 13.3. The lowest BCUT2D eigenvalue weighted by atomic mass is 10.2. The van der Waals surface area contributed by atoms with Crippen LogP contribution < -0.4 is 10.6 Å². The summed E-state index contributed by atoms with van der Waals surface area (Å²) in [6, 6.07) is 5.03. The minimum absolute atomic E-state index is 0.115. The van der Waals surface area contributed by atoms with Crippen LogP contribution in [0.4, 0.5) is 15.8 Å². The molecule has 2 heterocycles. The van der Waals surface area contributed by atoms with Crippen LogP contribution in [0.25, 0.3) is 0 Å². The van der Waals surface area contributed by atoms with Crippen molar-refractivity contribution in [1.29, 1.82) is 0 Å². The lowest BCUT2D eigenvalue weighted by Crippen LogP contribution is -2.29. The summed E-state index contributed by atoms with van der Waals surface area (Å²) in [5.74, 6) is -1.64. The summed E-state index contributed by atoms with van der Waals surface area (Å²) >= 11 is 0. The number of benzene rings is 1. The van der Waals surface area contributed by atoms with Gasteiger partial charge in [0.05, 0.1) is 16.8 Å². The normalized spacial score (nSPS) is 13.8. The van der Waals surface area contributed by atoms with Gasteiger partial charge in [-0.15, -0.1) is 0 Å². The number of hydrogen-bond donors (Lipinski definition) is 1. The molecule has 1 aromatic heterocycles. The maximum atomic E-state index is 13.3. The average molecular weight is 257 g/mol. The van der Waals surface area contributed by atoms with Crippen molar-refractivity contribution in [3.63, 3.8) is 0 Å². The van der Waals surface area contributed by atoms with E-state index in [9.17, 15) is 14.0 Å². The van der Waals surface area contributed by atoms with Gasteiger partial charge in [0, 0.05) is 18.1 Å². The number of carbonyl (C=O) groups excluding carboxylic acids is 2. The first kappa shape index (κ1) is 11.3. The zero-order chi connectivity index (χ0) is 13.6. The van der Waals surface area contributed by atoms with Gasteiger partial charge in [-0.3, -0.25) is 14.6 Å². The third-order valence-electron chi connectivity index (χ3n) is 2.85. The number of amides is 2. The number of hydrogen-bond acceptors (Lipinski definition) is 4. The second-order valence-corrected chi connectivity index (χ2v) is 4.11. The third kappa shape index (κ3) is 1.65. The Morgan fingerprint density at radius 2 is 1.84 bits per heavy atom.